The van der Waals surface area contributed by atoms with Gasteiger partial charge < -0.3 is 9.64 Å². The predicted molar refractivity (Wildman–Crippen MR) is 79.1 cm³/mol. The molecule has 0 spiro atoms. The second-order valence-electron chi connectivity index (χ2n) is 4.67. The Balaban J connectivity index is 0.00000147. The fraction of sp³-hybridized carbons (Fsp3) is 0.357. The van der Waals surface area contributed by atoms with Crippen molar-refractivity contribution in [3.63, 3.8) is 0 Å². The maximum atomic E-state index is 11.5. The highest BCUT2D eigenvalue weighted by atomic mass is 35.5. The van der Waals surface area contributed by atoms with E-state index in [0.29, 0.717) is 6.54 Å². The smallest absolute Gasteiger partial charge is 0.310 e. The number of rotatable bonds is 2. The number of fused-ring (bicyclic) bond motifs is 1. The summed E-state index contributed by atoms with van der Waals surface area (Å²) in [5.41, 5.74) is 1.76. The minimum Gasteiger partial charge on any atom is -0.469 e. The zero-order chi connectivity index (χ0) is 13.2. The second kappa shape index (κ2) is 6.05. The van der Waals surface area contributed by atoms with Crippen LogP contribution in [0.2, 0.25) is 0 Å². The lowest BCUT2D eigenvalue weighted by Crippen LogP contribution is -2.24. The van der Waals surface area contributed by atoms with E-state index in [2.05, 4.69) is 14.9 Å². The van der Waals surface area contributed by atoms with E-state index in [4.69, 9.17) is 4.74 Å². The van der Waals surface area contributed by atoms with Gasteiger partial charge in [-0.25, -0.2) is 4.98 Å². The number of esters is 1. The summed E-state index contributed by atoms with van der Waals surface area (Å²) >= 11 is 0. The number of nitrogens with zero attached hydrogens (tertiary/aromatic N) is 3. The Kier molecular flexibility index (Phi) is 4.39. The zero-order valence-electron chi connectivity index (χ0n) is 11.2. The van der Waals surface area contributed by atoms with E-state index in [9.17, 15) is 4.79 Å². The molecule has 5 nitrogen and oxygen atoms in total. The number of carbonyl (C=O) groups excluding carboxylic acids is 1. The Bertz CT molecular complexity index is 620. The van der Waals surface area contributed by atoms with Crippen LogP contribution in [0.4, 0.5) is 5.82 Å². The van der Waals surface area contributed by atoms with Gasteiger partial charge in [-0.1, -0.05) is 12.1 Å². The van der Waals surface area contributed by atoms with Crippen LogP contribution >= 0.6 is 12.4 Å². The van der Waals surface area contributed by atoms with Crippen LogP contribution in [0.1, 0.15) is 6.42 Å². The van der Waals surface area contributed by atoms with Crippen LogP contribution in [0.15, 0.2) is 30.5 Å². The average Bonchev–Trinajstić information content (AvgIpc) is 2.95. The summed E-state index contributed by atoms with van der Waals surface area (Å²) in [6.07, 6.45) is 2.57. The van der Waals surface area contributed by atoms with Gasteiger partial charge in [-0.3, -0.25) is 9.78 Å². The molecule has 0 radical (unpaired) electrons. The average molecular weight is 294 g/mol. The third-order valence-electron chi connectivity index (χ3n) is 3.48. The number of halogens is 1. The molecule has 1 aromatic carbocycles. The Hall–Kier alpha value is -1.88. The third-order valence-corrected chi connectivity index (χ3v) is 3.48. The van der Waals surface area contributed by atoms with Crippen LogP contribution in [0, 0.1) is 5.92 Å². The number of anilines is 1. The molecule has 3 rings (SSSR count). The maximum Gasteiger partial charge on any atom is 0.310 e. The molecule has 1 aliphatic rings. The van der Waals surface area contributed by atoms with E-state index in [1.807, 2.05) is 24.3 Å². The minimum atomic E-state index is -0.142. The fourth-order valence-electron chi connectivity index (χ4n) is 2.43. The Morgan fingerprint density at radius 2 is 2.10 bits per heavy atom. The maximum absolute atomic E-state index is 11.5. The molecule has 20 heavy (non-hydrogen) atoms. The summed E-state index contributed by atoms with van der Waals surface area (Å²) in [6.45, 7) is 1.46. The molecule has 0 bridgehead atoms. The van der Waals surface area contributed by atoms with Gasteiger partial charge >= 0.3 is 5.97 Å². The van der Waals surface area contributed by atoms with Crippen LogP contribution in [0.25, 0.3) is 11.0 Å². The van der Waals surface area contributed by atoms with Crippen molar-refractivity contribution in [3.8, 4) is 0 Å². The first-order valence-corrected chi connectivity index (χ1v) is 6.32. The monoisotopic (exact) mass is 293 g/mol. The lowest BCUT2D eigenvalue weighted by Gasteiger charge is -2.16. The molecule has 6 heteroatoms. The number of para-hydroxylation sites is 2. The molecule has 0 aliphatic carbocycles. The molecule has 106 valence electrons. The molecule has 0 N–H and O–H groups in total. The van der Waals surface area contributed by atoms with E-state index >= 15 is 0 Å². The van der Waals surface area contributed by atoms with Gasteiger partial charge in [0.15, 0.2) is 0 Å². The number of hydrogen-bond donors (Lipinski definition) is 0. The van der Waals surface area contributed by atoms with Gasteiger partial charge in [0.05, 0.1) is 30.3 Å². The highest BCUT2D eigenvalue weighted by molar-refractivity contribution is 5.85. The van der Waals surface area contributed by atoms with Crippen molar-refractivity contribution in [1.82, 2.24) is 9.97 Å². The first-order chi connectivity index (χ1) is 9.28. The van der Waals surface area contributed by atoms with Gasteiger partial charge in [0.2, 0.25) is 0 Å². The molecule has 0 saturated carbocycles. The Labute approximate surface area is 123 Å². The number of ether oxygens (including phenoxy) is 1. The van der Waals surface area contributed by atoms with Crippen LogP contribution in [0.5, 0.6) is 0 Å². The molecular weight excluding hydrogens is 278 g/mol. The summed E-state index contributed by atoms with van der Waals surface area (Å²) in [5, 5.41) is 0. The van der Waals surface area contributed by atoms with Crippen molar-refractivity contribution in [2.24, 2.45) is 5.92 Å². The van der Waals surface area contributed by atoms with Crippen LogP contribution in [-0.2, 0) is 9.53 Å². The van der Waals surface area contributed by atoms with Gasteiger partial charge in [-0.2, -0.15) is 0 Å². The van der Waals surface area contributed by atoms with Gasteiger partial charge in [0, 0.05) is 13.1 Å². The number of benzene rings is 1. The fourth-order valence-corrected chi connectivity index (χ4v) is 2.43. The standard InChI is InChI=1S/C14H15N3O2.ClH/c1-19-14(18)10-6-7-17(9-10)13-8-15-11-4-2-3-5-12(11)16-13;/h2-5,8,10H,6-7,9H2,1H3;1H. The first kappa shape index (κ1) is 14.5. The summed E-state index contributed by atoms with van der Waals surface area (Å²) in [6, 6.07) is 7.77. The molecule has 1 fully saturated rings. The summed E-state index contributed by atoms with van der Waals surface area (Å²) in [5.74, 6) is 0.625. The largest absolute Gasteiger partial charge is 0.469 e. The Morgan fingerprint density at radius 3 is 2.85 bits per heavy atom. The highest BCUT2D eigenvalue weighted by Crippen LogP contribution is 2.23. The molecular formula is C14H16ClN3O2. The molecule has 1 aliphatic heterocycles. The minimum absolute atomic E-state index is 0. The normalized spacial score (nSPS) is 17.9. The van der Waals surface area contributed by atoms with Crippen LogP contribution < -0.4 is 4.90 Å². The van der Waals surface area contributed by atoms with Crippen LogP contribution in [-0.4, -0.2) is 36.1 Å². The molecule has 1 unspecified atom stereocenters. The SMILES string of the molecule is COC(=O)C1CCN(c2cnc3ccccc3n2)C1.Cl. The predicted octanol–water partition coefficient (Wildman–Crippen LogP) is 2.05. The van der Waals surface area contributed by atoms with Crippen molar-refractivity contribution in [1.29, 1.82) is 0 Å². The second-order valence-corrected chi connectivity index (χ2v) is 4.67. The Morgan fingerprint density at radius 1 is 1.35 bits per heavy atom. The molecule has 1 aromatic heterocycles. The van der Waals surface area contributed by atoms with Crippen LogP contribution in [0.3, 0.4) is 0 Å². The summed E-state index contributed by atoms with van der Waals surface area (Å²) in [7, 11) is 1.43. The molecule has 2 heterocycles. The quantitative estimate of drug-likeness (QED) is 0.793. The molecule has 1 saturated heterocycles. The third kappa shape index (κ3) is 2.67. The van der Waals surface area contributed by atoms with E-state index in [1.165, 1.54) is 7.11 Å². The van der Waals surface area contributed by atoms with Crippen molar-refractivity contribution < 1.29 is 9.53 Å². The van der Waals surface area contributed by atoms with E-state index < -0.39 is 0 Å². The number of methoxy groups -OCH3 is 1. The summed E-state index contributed by atoms with van der Waals surface area (Å²) < 4.78 is 4.79. The molecule has 1 atom stereocenters. The van der Waals surface area contributed by atoms with Gasteiger partial charge in [0.1, 0.15) is 5.82 Å². The lowest BCUT2D eigenvalue weighted by molar-refractivity contribution is -0.144. The van der Waals surface area contributed by atoms with E-state index in [0.717, 1.165) is 29.8 Å². The zero-order valence-corrected chi connectivity index (χ0v) is 12.0. The van der Waals surface area contributed by atoms with E-state index in [1.54, 1.807) is 6.20 Å². The molecule has 0 amide bonds. The first-order valence-electron chi connectivity index (χ1n) is 6.32. The number of carbonyl (C=O) groups is 1. The topological polar surface area (TPSA) is 55.3 Å². The number of aromatic nitrogens is 2. The molecule has 2 aromatic rings. The summed E-state index contributed by atoms with van der Waals surface area (Å²) in [4.78, 5) is 22.6. The van der Waals surface area contributed by atoms with Gasteiger partial charge in [-0.15, -0.1) is 12.4 Å². The van der Waals surface area contributed by atoms with Crippen molar-refractivity contribution in [2.45, 2.75) is 6.42 Å². The number of hydrogen-bond acceptors (Lipinski definition) is 5. The van der Waals surface area contributed by atoms with Crippen molar-refractivity contribution >= 4 is 35.2 Å². The van der Waals surface area contributed by atoms with E-state index in [-0.39, 0.29) is 24.3 Å². The van der Waals surface area contributed by atoms with Crippen molar-refractivity contribution in [3.05, 3.63) is 30.5 Å². The van der Waals surface area contributed by atoms with Gasteiger partial charge in [0.25, 0.3) is 0 Å². The van der Waals surface area contributed by atoms with Gasteiger partial charge in [-0.05, 0) is 18.6 Å². The van der Waals surface area contributed by atoms with Crippen molar-refractivity contribution in [2.75, 3.05) is 25.1 Å². The highest BCUT2D eigenvalue weighted by Gasteiger charge is 2.29. The lowest BCUT2D eigenvalue weighted by atomic mass is 10.1.